The molecule has 82 valence electrons. The van der Waals surface area contributed by atoms with Gasteiger partial charge in [-0.15, -0.1) is 18.2 Å². The predicted molar refractivity (Wildman–Crippen MR) is 59.6 cm³/mol. The van der Waals surface area contributed by atoms with Gasteiger partial charge in [0.05, 0.1) is 6.61 Å². The first kappa shape index (κ1) is 13.5. The normalized spacial score (nSPS) is 9.79. The van der Waals surface area contributed by atoms with E-state index in [0.717, 1.165) is 31.6 Å². The second-order valence-electron chi connectivity index (χ2n) is 3.15. The number of halogens is 1. The fourth-order valence-electron chi connectivity index (χ4n) is 1.03. The van der Waals surface area contributed by atoms with Gasteiger partial charge in [0.25, 0.3) is 0 Å². The number of hydrogen-bond donors (Lipinski definition) is 0. The van der Waals surface area contributed by atoms with Gasteiger partial charge >= 0.3 is 5.97 Å². The molecule has 0 rings (SSSR count). The minimum absolute atomic E-state index is 0.123. The van der Waals surface area contributed by atoms with Crippen molar-refractivity contribution >= 4 is 17.6 Å². The largest absolute Gasteiger partial charge is 0.466 e. The van der Waals surface area contributed by atoms with E-state index in [1.54, 1.807) is 6.08 Å². The van der Waals surface area contributed by atoms with E-state index < -0.39 is 0 Å². The Kier molecular flexibility index (Phi) is 10.2. The second kappa shape index (κ2) is 10.6. The summed E-state index contributed by atoms with van der Waals surface area (Å²) in [6.07, 6.45) is 7.07. The summed E-state index contributed by atoms with van der Waals surface area (Å²) >= 11 is 5.53. The molecule has 0 aliphatic heterocycles. The number of rotatable bonds is 9. The van der Waals surface area contributed by atoms with Gasteiger partial charge in [-0.2, -0.15) is 0 Å². The van der Waals surface area contributed by atoms with Crippen LogP contribution >= 0.6 is 11.6 Å². The zero-order chi connectivity index (χ0) is 10.6. The number of carbonyl (C=O) groups excluding carboxylic acids is 1. The van der Waals surface area contributed by atoms with Crippen LogP contribution in [0.5, 0.6) is 0 Å². The molecule has 0 heterocycles. The van der Waals surface area contributed by atoms with Crippen molar-refractivity contribution in [2.45, 2.75) is 38.5 Å². The highest BCUT2D eigenvalue weighted by Crippen LogP contribution is 2.02. The topological polar surface area (TPSA) is 26.3 Å². The molecule has 0 spiro atoms. The monoisotopic (exact) mass is 218 g/mol. The van der Waals surface area contributed by atoms with Gasteiger partial charge in [-0.05, 0) is 19.3 Å². The first-order valence-corrected chi connectivity index (χ1v) is 5.67. The molecule has 0 aromatic heterocycles. The van der Waals surface area contributed by atoms with E-state index in [1.807, 2.05) is 0 Å². The van der Waals surface area contributed by atoms with Crippen molar-refractivity contribution in [3.05, 3.63) is 12.7 Å². The summed E-state index contributed by atoms with van der Waals surface area (Å²) in [5, 5.41) is 0. The maximum absolute atomic E-state index is 11.0. The third kappa shape index (κ3) is 9.59. The Labute approximate surface area is 91.3 Å². The predicted octanol–water partition coefficient (Wildman–Crippen LogP) is 3.30. The molecule has 0 aromatic carbocycles. The quantitative estimate of drug-likeness (QED) is 0.257. The van der Waals surface area contributed by atoms with Crippen molar-refractivity contribution in [3.63, 3.8) is 0 Å². The number of ether oxygens (including phenoxy) is 1. The zero-order valence-electron chi connectivity index (χ0n) is 8.64. The summed E-state index contributed by atoms with van der Waals surface area (Å²) in [7, 11) is 0. The smallest absolute Gasteiger partial charge is 0.306 e. The highest BCUT2D eigenvalue weighted by atomic mass is 35.5. The van der Waals surface area contributed by atoms with Gasteiger partial charge in [-0.3, -0.25) is 4.79 Å². The number of allylic oxidation sites excluding steroid dienone is 1. The van der Waals surface area contributed by atoms with Crippen molar-refractivity contribution in [1.29, 1.82) is 0 Å². The van der Waals surface area contributed by atoms with Crippen LogP contribution in [0, 0.1) is 0 Å². The van der Waals surface area contributed by atoms with E-state index in [1.165, 1.54) is 0 Å². The summed E-state index contributed by atoms with van der Waals surface area (Å²) in [5.41, 5.74) is 0. The van der Waals surface area contributed by atoms with Gasteiger partial charge in [0.2, 0.25) is 0 Å². The molecule has 0 saturated heterocycles. The van der Waals surface area contributed by atoms with E-state index in [-0.39, 0.29) is 5.97 Å². The van der Waals surface area contributed by atoms with Crippen LogP contribution in [-0.2, 0) is 9.53 Å². The molecule has 0 N–H and O–H groups in total. The Morgan fingerprint density at radius 3 is 2.64 bits per heavy atom. The minimum Gasteiger partial charge on any atom is -0.466 e. The summed E-state index contributed by atoms with van der Waals surface area (Å²) in [5.74, 6) is 0.598. The number of unbranched alkanes of at least 4 members (excludes halogenated alkanes) is 3. The van der Waals surface area contributed by atoms with Gasteiger partial charge in [0, 0.05) is 12.3 Å². The van der Waals surface area contributed by atoms with E-state index in [4.69, 9.17) is 16.3 Å². The van der Waals surface area contributed by atoms with Crippen LogP contribution in [0.2, 0.25) is 0 Å². The van der Waals surface area contributed by atoms with Crippen LogP contribution in [0.25, 0.3) is 0 Å². The van der Waals surface area contributed by atoms with Gasteiger partial charge in [-0.1, -0.05) is 18.9 Å². The molecule has 0 radical (unpaired) electrons. The fourth-order valence-corrected chi connectivity index (χ4v) is 1.22. The lowest BCUT2D eigenvalue weighted by Gasteiger charge is -2.03. The molecule has 14 heavy (non-hydrogen) atoms. The van der Waals surface area contributed by atoms with Gasteiger partial charge in [0.15, 0.2) is 0 Å². The Hall–Kier alpha value is -0.500. The van der Waals surface area contributed by atoms with Gasteiger partial charge in [-0.25, -0.2) is 0 Å². The average molecular weight is 219 g/mol. The molecular formula is C11H19ClO2. The first-order valence-electron chi connectivity index (χ1n) is 5.13. The third-order valence-electron chi connectivity index (χ3n) is 1.84. The molecular weight excluding hydrogens is 200 g/mol. The Morgan fingerprint density at radius 2 is 2.00 bits per heavy atom. The van der Waals surface area contributed by atoms with Gasteiger partial charge in [0.1, 0.15) is 0 Å². The highest BCUT2D eigenvalue weighted by Gasteiger charge is 1.99. The van der Waals surface area contributed by atoms with E-state index >= 15 is 0 Å². The van der Waals surface area contributed by atoms with Gasteiger partial charge < -0.3 is 4.74 Å². The molecule has 0 aliphatic rings. The van der Waals surface area contributed by atoms with Crippen LogP contribution in [0.1, 0.15) is 38.5 Å². The summed E-state index contributed by atoms with van der Waals surface area (Å²) in [6, 6.07) is 0. The molecule has 0 bridgehead atoms. The standard InChI is InChI=1S/C11H19ClO2/c1-2-3-8-11(13)14-10-7-5-4-6-9-12/h2H,1,3-10H2. The van der Waals surface area contributed by atoms with Crippen LogP contribution in [0.15, 0.2) is 12.7 Å². The van der Waals surface area contributed by atoms with Crippen LogP contribution < -0.4 is 0 Å². The van der Waals surface area contributed by atoms with Crippen LogP contribution in [0.4, 0.5) is 0 Å². The molecule has 0 saturated carbocycles. The molecule has 2 nitrogen and oxygen atoms in total. The summed E-state index contributed by atoms with van der Waals surface area (Å²) < 4.78 is 5.00. The Bertz CT molecular complexity index is 157. The third-order valence-corrected chi connectivity index (χ3v) is 2.11. The second-order valence-corrected chi connectivity index (χ2v) is 3.53. The van der Waals surface area contributed by atoms with E-state index in [2.05, 4.69) is 6.58 Å². The molecule has 0 aliphatic carbocycles. The number of esters is 1. The summed E-state index contributed by atoms with van der Waals surface area (Å²) in [4.78, 5) is 11.0. The first-order chi connectivity index (χ1) is 6.81. The van der Waals surface area contributed by atoms with Crippen molar-refractivity contribution < 1.29 is 9.53 Å². The SMILES string of the molecule is C=CCCC(=O)OCCCCCCCl. The maximum Gasteiger partial charge on any atom is 0.306 e. The molecule has 0 aromatic rings. The fraction of sp³-hybridized carbons (Fsp3) is 0.727. The van der Waals surface area contributed by atoms with Crippen molar-refractivity contribution in [1.82, 2.24) is 0 Å². The maximum atomic E-state index is 11.0. The Balaban J connectivity index is 3.10. The van der Waals surface area contributed by atoms with E-state index in [0.29, 0.717) is 19.4 Å². The summed E-state index contributed by atoms with van der Waals surface area (Å²) in [6.45, 7) is 4.08. The zero-order valence-corrected chi connectivity index (χ0v) is 9.39. The molecule has 0 fully saturated rings. The van der Waals surface area contributed by atoms with Crippen molar-refractivity contribution in [2.24, 2.45) is 0 Å². The van der Waals surface area contributed by atoms with Crippen LogP contribution in [0.3, 0.4) is 0 Å². The number of alkyl halides is 1. The Morgan fingerprint density at radius 1 is 1.29 bits per heavy atom. The van der Waals surface area contributed by atoms with Crippen LogP contribution in [-0.4, -0.2) is 18.5 Å². The number of carbonyl (C=O) groups is 1. The molecule has 3 heteroatoms. The lowest BCUT2D eigenvalue weighted by Crippen LogP contribution is -2.05. The minimum atomic E-state index is -0.123. The molecule has 0 amide bonds. The van der Waals surface area contributed by atoms with Crippen molar-refractivity contribution in [2.75, 3.05) is 12.5 Å². The number of hydrogen-bond acceptors (Lipinski definition) is 2. The lowest BCUT2D eigenvalue weighted by atomic mass is 10.2. The highest BCUT2D eigenvalue weighted by molar-refractivity contribution is 6.17. The molecule has 0 unspecified atom stereocenters. The van der Waals surface area contributed by atoms with E-state index in [9.17, 15) is 4.79 Å². The van der Waals surface area contributed by atoms with Crippen molar-refractivity contribution in [3.8, 4) is 0 Å². The lowest BCUT2D eigenvalue weighted by molar-refractivity contribution is -0.143. The molecule has 0 atom stereocenters. The average Bonchev–Trinajstić information content (AvgIpc) is 2.20.